The molecule has 2 aromatic carbocycles. The Morgan fingerprint density at radius 3 is 2.21 bits per heavy atom. The molecule has 0 radical (unpaired) electrons. The highest BCUT2D eigenvalue weighted by molar-refractivity contribution is 7.96. The van der Waals surface area contributed by atoms with E-state index >= 15 is 0 Å². The molecule has 19 heavy (non-hydrogen) atoms. The molecule has 1 unspecified atom stereocenters. The lowest BCUT2D eigenvalue weighted by Crippen LogP contribution is -2.04. The van der Waals surface area contributed by atoms with Crippen LogP contribution < -0.4 is 0 Å². The van der Waals surface area contributed by atoms with Gasteiger partial charge < -0.3 is 0 Å². The first-order chi connectivity index (χ1) is 9.16. The Bertz CT molecular complexity index is 548. The van der Waals surface area contributed by atoms with E-state index in [-0.39, 0.29) is 5.12 Å². The fourth-order valence-corrected chi connectivity index (χ4v) is 2.49. The lowest BCUT2D eigenvalue weighted by Gasteiger charge is -2.14. The van der Waals surface area contributed by atoms with Crippen molar-refractivity contribution in [1.82, 2.24) is 0 Å². The molecule has 0 aromatic heterocycles. The number of rotatable bonds is 5. The molecule has 98 valence electrons. The van der Waals surface area contributed by atoms with Crippen LogP contribution in [0.25, 0.3) is 0 Å². The van der Waals surface area contributed by atoms with Crippen LogP contribution in [-0.4, -0.2) is 5.12 Å². The summed E-state index contributed by atoms with van der Waals surface area (Å²) in [6.07, 6.45) is 1.35. The van der Waals surface area contributed by atoms with Gasteiger partial charge in [0.1, 0.15) is 0 Å². The van der Waals surface area contributed by atoms with E-state index in [2.05, 4.69) is 49.9 Å². The summed E-state index contributed by atoms with van der Waals surface area (Å²) in [6, 6.07) is 18.6. The maximum absolute atomic E-state index is 11.2. The molecule has 2 aromatic rings. The highest BCUT2D eigenvalue weighted by Crippen LogP contribution is 2.22. The van der Waals surface area contributed by atoms with Crippen molar-refractivity contribution in [2.45, 2.75) is 25.7 Å². The van der Waals surface area contributed by atoms with Crippen LogP contribution in [-0.2, 0) is 17.6 Å². The van der Waals surface area contributed by atoms with E-state index in [9.17, 15) is 4.79 Å². The Kier molecular flexibility index (Phi) is 4.80. The molecule has 0 aliphatic rings. The number of carbonyl (C=O) groups is 1. The predicted octanol–water partition coefficient (Wildman–Crippen LogP) is 4.03. The number of thiol groups is 1. The van der Waals surface area contributed by atoms with E-state index in [4.69, 9.17) is 0 Å². The van der Waals surface area contributed by atoms with Crippen LogP contribution in [0.1, 0.15) is 29.5 Å². The summed E-state index contributed by atoms with van der Waals surface area (Å²) in [7, 11) is 0. The molecule has 0 saturated carbocycles. The molecular formula is C17H18OS. The Balaban J connectivity index is 2.17. The van der Waals surface area contributed by atoms with E-state index < -0.39 is 0 Å². The summed E-state index contributed by atoms with van der Waals surface area (Å²) in [5.41, 5.74) is 3.65. The van der Waals surface area contributed by atoms with Crippen LogP contribution in [0, 0.1) is 0 Å². The van der Waals surface area contributed by atoms with Crippen LogP contribution in [0.3, 0.4) is 0 Å². The third-order valence-electron chi connectivity index (χ3n) is 3.35. The fraction of sp³-hybridized carbons (Fsp3) is 0.235. The number of carbonyl (C=O) groups excluding carboxylic acids is 1. The molecule has 0 fully saturated rings. The van der Waals surface area contributed by atoms with Gasteiger partial charge in [-0.15, -0.1) is 12.6 Å². The largest absolute Gasteiger partial charge is 0.287 e. The average molecular weight is 270 g/mol. The van der Waals surface area contributed by atoms with Gasteiger partial charge in [-0.05, 0) is 29.0 Å². The van der Waals surface area contributed by atoms with Crippen LogP contribution in [0.2, 0.25) is 0 Å². The van der Waals surface area contributed by atoms with E-state index in [1.165, 1.54) is 11.1 Å². The van der Waals surface area contributed by atoms with Gasteiger partial charge in [0.05, 0.1) is 0 Å². The van der Waals surface area contributed by atoms with Gasteiger partial charge in [0.25, 0.3) is 0 Å². The maximum Gasteiger partial charge on any atom is 0.190 e. The van der Waals surface area contributed by atoms with E-state index in [1.807, 2.05) is 24.3 Å². The molecule has 0 heterocycles. The monoisotopic (exact) mass is 270 g/mol. The normalized spacial score (nSPS) is 12.1. The van der Waals surface area contributed by atoms with Gasteiger partial charge >= 0.3 is 0 Å². The fourth-order valence-electron chi connectivity index (χ4n) is 2.32. The molecule has 0 aliphatic heterocycles. The quantitative estimate of drug-likeness (QED) is 0.812. The lowest BCUT2D eigenvalue weighted by atomic mass is 9.91. The molecule has 0 aliphatic carbocycles. The second-order valence-electron chi connectivity index (χ2n) is 4.86. The molecule has 2 heteroatoms. The van der Waals surface area contributed by atoms with Crippen molar-refractivity contribution in [3.8, 4) is 0 Å². The van der Waals surface area contributed by atoms with Crippen molar-refractivity contribution in [3.63, 3.8) is 0 Å². The minimum atomic E-state index is -0.0835. The Labute approximate surface area is 120 Å². The zero-order chi connectivity index (χ0) is 13.7. The molecular weight excluding hydrogens is 252 g/mol. The van der Waals surface area contributed by atoms with Gasteiger partial charge in [-0.2, -0.15) is 0 Å². The van der Waals surface area contributed by atoms with Crippen molar-refractivity contribution in [1.29, 1.82) is 0 Å². The molecule has 0 spiro atoms. The van der Waals surface area contributed by atoms with Crippen LogP contribution in [0.5, 0.6) is 0 Å². The van der Waals surface area contributed by atoms with Gasteiger partial charge in [0.15, 0.2) is 5.12 Å². The third-order valence-corrected chi connectivity index (χ3v) is 3.51. The van der Waals surface area contributed by atoms with Crippen molar-refractivity contribution in [3.05, 3.63) is 71.3 Å². The minimum Gasteiger partial charge on any atom is -0.287 e. The first-order valence-corrected chi connectivity index (χ1v) is 6.95. The molecule has 0 amide bonds. The molecule has 0 bridgehead atoms. The molecule has 1 atom stereocenters. The van der Waals surface area contributed by atoms with Crippen LogP contribution in [0.15, 0.2) is 54.6 Å². The Morgan fingerprint density at radius 1 is 1.00 bits per heavy atom. The molecule has 2 rings (SSSR count). The Morgan fingerprint density at radius 2 is 1.58 bits per heavy atom. The summed E-state index contributed by atoms with van der Waals surface area (Å²) < 4.78 is 0. The molecule has 0 saturated heterocycles. The number of hydrogen-bond acceptors (Lipinski definition) is 1. The van der Waals surface area contributed by atoms with E-state index in [1.54, 1.807) is 0 Å². The van der Waals surface area contributed by atoms with Gasteiger partial charge in [0.2, 0.25) is 0 Å². The predicted molar refractivity (Wildman–Crippen MR) is 82.7 cm³/mol. The third kappa shape index (κ3) is 3.97. The smallest absolute Gasteiger partial charge is 0.190 e. The summed E-state index contributed by atoms with van der Waals surface area (Å²) in [6.45, 7) is 2.22. The van der Waals surface area contributed by atoms with Gasteiger partial charge in [-0.3, -0.25) is 4.79 Å². The second-order valence-corrected chi connectivity index (χ2v) is 5.35. The summed E-state index contributed by atoms with van der Waals surface area (Å²) in [5.74, 6) is 0.442. The highest BCUT2D eigenvalue weighted by Gasteiger charge is 2.10. The van der Waals surface area contributed by atoms with Crippen LogP contribution >= 0.6 is 12.6 Å². The van der Waals surface area contributed by atoms with Gasteiger partial charge in [0, 0.05) is 6.42 Å². The lowest BCUT2D eigenvalue weighted by molar-refractivity contribution is -0.110. The minimum absolute atomic E-state index is 0.0835. The summed E-state index contributed by atoms with van der Waals surface area (Å²) in [4.78, 5) is 11.2. The van der Waals surface area contributed by atoms with Crippen molar-refractivity contribution in [2.75, 3.05) is 0 Å². The zero-order valence-electron chi connectivity index (χ0n) is 11.0. The Hall–Kier alpha value is -1.54. The average Bonchev–Trinajstić information content (AvgIpc) is 2.41. The maximum atomic E-state index is 11.2. The highest BCUT2D eigenvalue weighted by atomic mass is 32.1. The first kappa shape index (κ1) is 13.9. The molecule has 0 N–H and O–H groups in total. The van der Waals surface area contributed by atoms with Gasteiger partial charge in [-0.25, -0.2) is 0 Å². The number of benzene rings is 2. The van der Waals surface area contributed by atoms with E-state index in [0.29, 0.717) is 12.3 Å². The zero-order valence-corrected chi connectivity index (χ0v) is 11.9. The summed E-state index contributed by atoms with van der Waals surface area (Å²) >= 11 is 3.88. The van der Waals surface area contributed by atoms with Crippen molar-refractivity contribution < 1.29 is 4.79 Å². The summed E-state index contributed by atoms with van der Waals surface area (Å²) in [5, 5.41) is -0.0835. The van der Waals surface area contributed by atoms with E-state index in [0.717, 1.165) is 12.0 Å². The van der Waals surface area contributed by atoms with Crippen LogP contribution in [0.4, 0.5) is 0 Å². The van der Waals surface area contributed by atoms with Crippen molar-refractivity contribution in [2.24, 2.45) is 0 Å². The molecule has 1 nitrogen and oxygen atoms in total. The first-order valence-electron chi connectivity index (χ1n) is 6.50. The second kappa shape index (κ2) is 6.58. The van der Waals surface area contributed by atoms with Gasteiger partial charge in [-0.1, -0.05) is 61.5 Å². The number of hydrogen-bond donors (Lipinski definition) is 1. The van der Waals surface area contributed by atoms with Crippen molar-refractivity contribution >= 4 is 17.7 Å². The SMILES string of the molecule is CC(Cc1ccccc1CC(=O)S)c1ccccc1. The standard InChI is InChI=1S/C17H18OS/c1-13(14-7-3-2-4-8-14)11-15-9-5-6-10-16(15)12-17(18)19/h2-10,13H,11-12H2,1H3,(H,18,19). The topological polar surface area (TPSA) is 17.1 Å².